The van der Waals surface area contributed by atoms with Gasteiger partial charge in [-0.3, -0.25) is 0 Å². The van der Waals surface area contributed by atoms with Gasteiger partial charge in [0.25, 0.3) is 0 Å². The molecular formula is C15H17BrO3. The molecule has 0 aliphatic rings. The van der Waals surface area contributed by atoms with Crippen LogP contribution >= 0.6 is 15.9 Å². The van der Waals surface area contributed by atoms with E-state index in [1.54, 1.807) is 55.5 Å². The Bertz CT molecular complexity index is 469. The third-order valence-electron chi connectivity index (χ3n) is 2.51. The van der Waals surface area contributed by atoms with Gasteiger partial charge in [-0.2, -0.15) is 0 Å². The van der Waals surface area contributed by atoms with Crippen LogP contribution in [0, 0.1) is 0 Å². The van der Waals surface area contributed by atoms with Gasteiger partial charge >= 0.3 is 0 Å². The van der Waals surface area contributed by atoms with E-state index in [1.807, 2.05) is 12.1 Å². The fraction of sp³-hybridized carbons (Fsp3) is 0.200. The molecule has 0 saturated carbocycles. The summed E-state index contributed by atoms with van der Waals surface area (Å²) in [5, 5.41) is 27.8. The van der Waals surface area contributed by atoms with Crippen LogP contribution in [-0.2, 0) is 5.79 Å². The number of rotatable bonds is 2. The average Bonchev–Trinajstić information content (AvgIpc) is 2.41. The third kappa shape index (κ3) is 5.03. The van der Waals surface area contributed by atoms with Crippen LogP contribution in [0.2, 0.25) is 0 Å². The maximum absolute atomic E-state index is 9.57. The smallest absolute Gasteiger partial charge is 0.202 e. The summed E-state index contributed by atoms with van der Waals surface area (Å²) < 4.78 is 0. The van der Waals surface area contributed by atoms with Gasteiger partial charge in [-0.05, 0) is 19.1 Å². The zero-order valence-electron chi connectivity index (χ0n) is 10.6. The topological polar surface area (TPSA) is 60.7 Å². The maximum Gasteiger partial charge on any atom is 0.202 e. The highest BCUT2D eigenvalue weighted by molar-refractivity contribution is 9.09. The van der Waals surface area contributed by atoms with Crippen LogP contribution < -0.4 is 0 Å². The first-order valence-electron chi connectivity index (χ1n) is 5.83. The van der Waals surface area contributed by atoms with Crippen LogP contribution in [0.3, 0.4) is 0 Å². The largest absolute Gasteiger partial charge is 0.508 e. The predicted octanol–water partition coefficient (Wildman–Crippen LogP) is 3.00. The second kappa shape index (κ2) is 7.28. The van der Waals surface area contributed by atoms with Crippen LogP contribution in [0.4, 0.5) is 0 Å². The molecule has 0 fully saturated rings. The van der Waals surface area contributed by atoms with Crippen LogP contribution in [0.15, 0.2) is 60.7 Å². The fourth-order valence-electron chi connectivity index (χ4n) is 1.34. The Labute approximate surface area is 121 Å². The molecule has 1 atom stereocenters. The van der Waals surface area contributed by atoms with Gasteiger partial charge < -0.3 is 15.3 Å². The minimum Gasteiger partial charge on any atom is -0.508 e. The molecule has 0 aliphatic heterocycles. The summed E-state index contributed by atoms with van der Waals surface area (Å²) in [5.74, 6) is -1.47. The second-order valence-electron chi connectivity index (χ2n) is 4.04. The molecule has 2 aromatic carbocycles. The van der Waals surface area contributed by atoms with E-state index < -0.39 is 10.6 Å². The van der Waals surface area contributed by atoms with E-state index in [0.29, 0.717) is 11.3 Å². The predicted molar refractivity (Wildman–Crippen MR) is 79.1 cm³/mol. The molecule has 1 unspecified atom stereocenters. The number of halogens is 1. The standard InChI is InChI=1S/C9H11BrO2.C6H6O/c1-7(10)9(11,12)8-5-3-2-4-6-8;7-6-4-2-1-3-5-6/h2-7,11-12H,1H3;1-5,7H. The van der Waals surface area contributed by atoms with Gasteiger partial charge in [-0.1, -0.05) is 64.5 Å². The van der Waals surface area contributed by atoms with E-state index in [2.05, 4.69) is 15.9 Å². The molecule has 0 heterocycles. The van der Waals surface area contributed by atoms with Gasteiger partial charge in [0, 0.05) is 5.56 Å². The Hall–Kier alpha value is -1.36. The van der Waals surface area contributed by atoms with Crippen molar-refractivity contribution in [3.8, 4) is 5.75 Å². The Morgan fingerprint density at radius 2 is 1.32 bits per heavy atom. The summed E-state index contributed by atoms with van der Waals surface area (Å²) in [5.41, 5.74) is 0.495. The lowest BCUT2D eigenvalue weighted by molar-refractivity contribution is -0.164. The average molecular weight is 325 g/mol. The molecule has 0 spiro atoms. The van der Waals surface area contributed by atoms with E-state index in [-0.39, 0.29) is 0 Å². The molecular weight excluding hydrogens is 308 g/mol. The molecule has 19 heavy (non-hydrogen) atoms. The number of aliphatic hydroxyl groups is 2. The van der Waals surface area contributed by atoms with E-state index in [9.17, 15) is 10.2 Å². The minimum atomic E-state index is -1.79. The summed E-state index contributed by atoms with van der Waals surface area (Å²) in [6, 6.07) is 17.4. The number of benzene rings is 2. The van der Waals surface area contributed by atoms with Gasteiger partial charge in [0.05, 0.1) is 4.83 Å². The lowest BCUT2D eigenvalue weighted by atomic mass is 10.0. The second-order valence-corrected chi connectivity index (χ2v) is 5.42. The van der Waals surface area contributed by atoms with Crippen molar-refractivity contribution in [2.75, 3.05) is 0 Å². The van der Waals surface area contributed by atoms with E-state index in [0.717, 1.165) is 0 Å². The Balaban J connectivity index is 0.000000218. The monoisotopic (exact) mass is 324 g/mol. The first-order valence-corrected chi connectivity index (χ1v) is 6.74. The van der Waals surface area contributed by atoms with Crippen LogP contribution in [0.1, 0.15) is 12.5 Å². The van der Waals surface area contributed by atoms with Crippen molar-refractivity contribution in [3.05, 3.63) is 66.2 Å². The van der Waals surface area contributed by atoms with Crippen LogP contribution in [-0.4, -0.2) is 20.1 Å². The number of hydrogen-bond donors (Lipinski definition) is 3. The first kappa shape index (κ1) is 15.7. The number of alkyl halides is 1. The van der Waals surface area contributed by atoms with Crippen molar-refractivity contribution in [2.24, 2.45) is 0 Å². The SMILES string of the molecule is CC(Br)C(O)(O)c1ccccc1.Oc1ccccc1. The summed E-state index contributed by atoms with van der Waals surface area (Å²) >= 11 is 3.13. The molecule has 0 aliphatic carbocycles. The Morgan fingerprint density at radius 1 is 0.895 bits per heavy atom. The maximum atomic E-state index is 9.57. The molecule has 0 bridgehead atoms. The third-order valence-corrected chi connectivity index (χ3v) is 3.15. The molecule has 3 N–H and O–H groups in total. The summed E-state index contributed by atoms with van der Waals surface area (Å²) in [6.45, 7) is 1.69. The molecule has 0 aromatic heterocycles. The van der Waals surface area contributed by atoms with Gasteiger partial charge in [0.1, 0.15) is 5.75 Å². The van der Waals surface area contributed by atoms with E-state index in [4.69, 9.17) is 5.11 Å². The van der Waals surface area contributed by atoms with Crippen molar-refractivity contribution in [2.45, 2.75) is 17.5 Å². The zero-order valence-corrected chi connectivity index (χ0v) is 12.2. The van der Waals surface area contributed by atoms with Crippen LogP contribution in [0.25, 0.3) is 0 Å². The number of phenols is 1. The lowest BCUT2D eigenvalue weighted by Crippen LogP contribution is -2.33. The van der Waals surface area contributed by atoms with E-state index >= 15 is 0 Å². The zero-order chi connectivity index (χ0) is 14.3. The normalized spacial score (nSPS) is 12.2. The van der Waals surface area contributed by atoms with Gasteiger partial charge in [-0.25, -0.2) is 0 Å². The lowest BCUT2D eigenvalue weighted by Gasteiger charge is -2.24. The first-order chi connectivity index (χ1) is 8.94. The van der Waals surface area contributed by atoms with Gasteiger partial charge in [0.15, 0.2) is 0 Å². The number of para-hydroxylation sites is 1. The Kier molecular flexibility index (Phi) is 6.02. The molecule has 0 amide bonds. The molecule has 102 valence electrons. The number of aromatic hydroxyl groups is 1. The van der Waals surface area contributed by atoms with Crippen molar-refractivity contribution < 1.29 is 15.3 Å². The van der Waals surface area contributed by atoms with Crippen LogP contribution in [0.5, 0.6) is 5.75 Å². The highest BCUT2D eigenvalue weighted by atomic mass is 79.9. The molecule has 2 rings (SSSR count). The molecule has 2 aromatic rings. The van der Waals surface area contributed by atoms with Crippen molar-refractivity contribution >= 4 is 15.9 Å². The van der Waals surface area contributed by atoms with E-state index in [1.165, 1.54) is 0 Å². The molecule has 4 heteroatoms. The van der Waals surface area contributed by atoms with Crippen molar-refractivity contribution in [1.82, 2.24) is 0 Å². The molecule has 3 nitrogen and oxygen atoms in total. The summed E-state index contributed by atoms with van der Waals surface area (Å²) in [7, 11) is 0. The van der Waals surface area contributed by atoms with Crippen molar-refractivity contribution in [1.29, 1.82) is 0 Å². The Morgan fingerprint density at radius 3 is 1.63 bits per heavy atom. The summed E-state index contributed by atoms with van der Waals surface area (Å²) in [4.78, 5) is -0.396. The minimum absolute atomic E-state index is 0.322. The number of hydrogen-bond acceptors (Lipinski definition) is 3. The van der Waals surface area contributed by atoms with Crippen molar-refractivity contribution in [3.63, 3.8) is 0 Å². The summed E-state index contributed by atoms with van der Waals surface area (Å²) in [6.07, 6.45) is 0. The highest BCUT2D eigenvalue weighted by Gasteiger charge is 2.30. The van der Waals surface area contributed by atoms with Gasteiger partial charge in [0.2, 0.25) is 5.79 Å². The van der Waals surface area contributed by atoms with Gasteiger partial charge in [-0.15, -0.1) is 0 Å². The molecule has 0 radical (unpaired) electrons. The molecule has 0 saturated heterocycles. The fourth-order valence-corrected chi connectivity index (χ4v) is 1.61. The number of phenolic OH excluding ortho intramolecular Hbond substituents is 1. The highest BCUT2D eigenvalue weighted by Crippen LogP contribution is 2.26. The quantitative estimate of drug-likeness (QED) is 0.588.